The van der Waals surface area contributed by atoms with Crippen LogP contribution in [0.3, 0.4) is 0 Å². The normalized spacial score (nSPS) is 15.8. The molecule has 0 saturated heterocycles. The summed E-state index contributed by atoms with van der Waals surface area (Å²) in [7, 11) is 3.62. The van der Waals surface area contributed by atoms with E-state index in [0.717, 1.165) is 25.2 Å². The highest BCUT2D eigenvalue weighted by atomic mass is 79.9. The summed E-state index contributed by atoms with van der Waals surface area (Å²) in [5.41, 5.74) is 5.96. The van der Waals surface area contributed by atoms with Gasteiger partial charge in [-0.25, -0.2) is 14.0 Å². The lowest BCUT2D eigenvalue weighted by atomic mass is 9.81. The number of carbonyl (C=O) groups is 2. The van der Waals surface area contributed by atoms with Gasteiger partial charge in [-0.1, -0.05) is 30.3 Å². The van der Waals surface area contributed by atoms with Crippen molar-refractivity contribution in [2.45, 2.75) is 5.92 Å². The lowest BCUT2D eigenvalue weighted by Gasteiger charge is -2.36. The Balaban J connectivity index is 2.46. The second kappa shape index (κ2) is 9.75. The first-order chi connectivity index (χ1) is 15.8. The standard InChI is InChI=1S/C23H19BrFN3O5/c1-31-17-10-16(15(25)9-14(17)24)28-20(23(30)33-3)19(22(29)32-2)18(13(11-26)21(28)27)12-7-5-4-6-8-12/h4-10,18H,27H2,1-3H3. The van der Waals surface area contributed by atoms with Gasteiger partial charge in [0.15, 0.2) is 0 Å². The molecule has 170 valence electrons. The first-order valence-electron chi connectivity index (χ1n) is 9.49. The molecule has 1 aliphatic rings. The van der Waals surface area contributed by atoms with E-state index in [9.17, 15) is 14.9 Å². The molecule has 0 saturated carbocycles. The minimum atomic E-state index is -1.05. The Morgan fingerprint density at radius 1 is 1.12 bits per heavy atom. The molecule has 1 heterocycles. The van der Waals surface area contributed by atoms with Crippen LogP contribution in [0.25, 0.3) is 0 Å². The van der Waals surface area contributed by atoms with Crippen LogP contribution in [-0.4, -0.2) is 33.3 Å². The monoisotopic (exact) mass is 515 g/mol. The Hall–Kier alpha value is -3.84. The van der Waals surface area contributed by atoms with Gasteiger partial charge in [-0.15, -0.1) is 0 Å². The number of esters is 2. The minimum Gasteiger partial charge on any atom is -0.495 e. The van der Waals surface area contributed by atoms with Crippen molar-refractivity contribution in [1.82, 2.24) is 0 Å². The molecule has 8 nitrogen and oxygen atoms in total. The van der Waals surface area contributed by atoms with E-state index < -0.39 is 23.7 Å². The third kappa shape index (κ3) is 4.15. The molecule has 33 heavy (non-hydrogen) atoms. The molecule has 0 amide bonds. The molecular weight excluding hydrogens is 497 g/mol. The second-order valence-electron chi connectivity index (χ2n) is 6.77. The fourth-order valence-corrected chi connectivity index (χ4v) is 4.09. The number of hydrogen-bond donors (Lipinski definition) is 1. The first kappa shape index (κ1) is 23.8. The fourth-order valence-electron chi connectivity index (χ4n) is 3.61. The van der Waals surface area contributed by atoms with Crippen molar-refractivity contribution >= 4 is 33.6 Å². The van der Waals surface area contributed by atoms with E-state index in [1.54, 1.807) is 30.3 Å². The highest BCUT2D eigenvalue weighted by Crippen LogP contribution is 2.45. The lowest BCUT2D eigenvalue weighted by Crippen LogP contribution is -2.41. The van der Waals surface area contributed by atoms with Gasteiger partial charge < -0.3 is 19.9 Å². The number of rotatable bonds is 5. The summed E-state index contributed by atoms with van der Waals surface area (Å²) >= 11 is 3.19. The van der Waals surface area contributed by atoms with Gasteiger partial charge >= 0.3 is 11.9 Å². The topological polar surface area (TPSA) is 115 Å². The van der Waals surface area contributed by atoms with Gasteiger partial charge in [-0.05, 0) is 27.6 Å². The number of hydrogen-bond acceptors (Lipinski definition) is 8. The fraction of sp³-hybridized carbons (Fsp3) is 0.174. The van der Waals surface area contributed by atoms with Gasteiger partial charge in [0.05, 0.1) is 54.6 Å². The quantitative estimate of drug-likeness (QED) is 0.601. The average molecular weight is 516 g/mol. The molecule has 2 aromatic carbocycles. The van der Waals surface area contributed by atoms with E-state index >= 15 is 4.39 Å². The van der Waals surface area contributed by atoms with E-state index in [2.05, 4.69) is 15.9 Å². The molecule has 2 aromatic rings. The van der Waals surface area contributed by atoms with Gasteiger partial charge in [0, 0.05) is 6.07 Å². The maximum Gasteiger partial charge on any atom is 0.355 e. The van der Waals surface area contributed by atoms with E-state index in [1.807, 2.05) is 6.07 Å². The Kier molecular flexibility index (Phi) is 7.04. The molecule has 0 bridgehead atoms. The van der Waals surface area contributed by atoms with Gasteiger partial charge in [-0.2, -0.15) is 5.26 Å². The van der Waals surface area contributed by atoms with Crippen molar-refractivity contribution in [1.29, 1.82) is 5.26 Å². The van der Waals surface area contributed by atoms with Crippen molar-refractivity contribution in [2.75, 3.05) is 26.2 Å². The second-order valence-corrected chi connectivity index (χ2v) is 7.63. The summed E-state index contributed by atoms with van der Waals surface area (Å²) < 4.78 is 30.6. The van der Waals surface area contributed by atoms with E-state index in [0.29, 0.717) is 10.0 Å². The number of halogens is 2. The maximum atomic E-state index is 15.1. The number of anilines is 1. The molecule has 1 unspecified atom stereocenters. The van der Waals surface area contributed by atoms with Gasteiger partial charge in [0.25, 0.3) is 0 Å². The van der Waals surface area contributed by atoms with Crippen LogP contribution in [0.15, 0.2) is 69.6 Å². The highest BCUT2D eigenvalue weighted by molar-refractivity contribution is 9.10. The Morgan fingerprint density at radius 2 is 1.76 bits per heavy atom. The molecule has 0 aliphatic carbocycles. The lowest BCUT2D eigenvalue weighted by molar-refractivity contribution is -0.139. The molecule has 1 aliphatic heterocycles. The molecule has 2 N–H and O–H groups in total. The van der Waals surface area contributed by atoms with Crippen molar-refractivity contribution in [3.63, 3.8) is 0 Å². The third-order valence-corrected chi connectivity index (χ3v) is 5.69. The van der Waals surface area contributed by atoms with E-state index in [-0.39, 0.29) is 34.1 Å². The zero-order valence-corrected chi connectivity index (χ0v) is 19.5. The summed E-state index contributed by atoms with van der Waals surface area (Å²) in [6, 6.07) is 12.9. The van der Waals surface area contributed by atoms with Crippen LogP contribution >= 0.6 is 15.9 Å². The van der Waals surface area contributed by atoms with Gasteiger partial charge in [-0.3, -0.25) is 4.90 Å². The minimum absolute atomic E-state index is 0.0736. The Labute approximate surface area is 197 Å². The molecule has 10 heteroatoms. The number of nitrogens with zero attached hydrogens (tertiary/aromatic N) is 2. The molecule has 0 aromatic heterocycles. The molecule has 1 atom stereocenters. The number of benzene rings is 2. The number of methoxy groups -OCH3 is 3. The SMILES string of the molecule is COC(=O)C1=C(C(=O)OC)N(c2cc(OC)c(Br)cc2F)C(N)=C(C#N)C1c1ccccc1. The van der Waals surface area contributed by atoms with Crippen LogP contribution in [0.1, 0.15) is 11.5 Å². The maximum absolute atomic E-state index is 15.1. The van der Waals surface area contributed by atoms with Crippen molar-refractivity contribution in [3.05, 3.63) is 81.0 Å². The van der Waals surface area contributed by atoms with Crippen molar-refractivity contribution in [3.8, 4) is 11.8 Å². The number of carbonyl (C=O) groups excluding carboxylic acids is 2. The smallest absolute Gasteiger partial charge is 0.355 e. The van der Waals surface area contributed by atoms with Crippen LogP contribution in [0.2, 0.25) is 0 Å². The molecular formula is C23H19BrFN3O5. The summed E-state index contributed by atoms with van der Waals surface area (Å²) in [5.74, 6) is -3.74. The molecule has 0 fully saturated rings. The van der Waals surface area contributed by atoms with Crippen LogP contribution in [0.5, 0.6) is 5.75 Å². The predicted octanol–water partition coefficient (Wildman–Crippen LogP) is 3.49. The van der Waals surface area contributed by atoms with E-state index in [4.69, 9.17) is 19.9 Å². The van der Waals surface area contributed by atoms with E-state index in [1.165, 1.54) is 13.2 Å². The highest BCUT2D eigenvalue weighted by Gasteiger charge is 2.43. The summed E-state index contributed by atoms with van der Waals surface area (Å²) in [6.07, 6.45) is 0. The first-order valence-corrected chi connectivity index (χ1v) is 10.3. The number of nitrogens with two attached hydrogens (primary N) is 1. The van der Waals surface area contributed by atoms with Crippen LogP contribution in [0, 0.1) is 17.1 Å². The molecule has 0 spiro atoms. The number of ether oxygens (including phenoxy) is 3. The predicted molar refractivity (Wildman–Crippen MR) is 120 cm³/mol. The summed E-state index contributed by atoms with van der Waals surface area (Å²) in [5, 5.41) is 10.00. The zero-order chi connectivity index (χ0) is 24.3. The van der Waals surface area contributed by atoms with Crippen LogP contribution < -0.4 is 15.4 Å². The van der Waals surface area contributed by atoms with Crippen molar-refractivity contribution < 1.29 is 28.2 Å². The largest absolute Gasteiger partial charge is 0.495 e. The summed E-state index contributed by atoms with van der Waals surface area (Å²) in [6.45, 7) is 0. The number of allylic oxidation sites excluding steroid dienone is 1. The van der Waals surface area contributed by atoms with Crippen LogP contribution in [0.4, 0.5) is 10.1 Å². The van der Waals surface area contributed by atoms with Crippen molar-refractivity contribution in [2.24, 2.45) is 5.73 Å². The third-order valence-electron chi connectivity index (χ3n) is 5.07. The molecule has 0 radical (unpaired) electrons. The van der Waals surface area contributed by atoms with Crippen LogP contribution in [-0.2, 0) is 19.1 Å². The molecule has 3 rings (SSSR count). The average Bonchev–Trinajstić information content (AvgIpc) is 2.83. The van der Waals surface area contributed by atoms with Gasteiger partial charge in [0.1, 0.15) is 23.1 Å². The summed E-state index contributed by atoms with van der Waals surface area (Å²) in [4.78, 5) is 26.9. The van der Waals surface area contributed by atoms with Gasteiger partial charge in [0.2, 0.25) is 0 Å². The zero-order valence-electron chi connectivity index (χ0n) is 17.9. The Morgan fingerprint density at radius 3 is 2.30 bits per heavy atom. The number of nitriles is 1. The Bertz CT molecular complexity index is 1220.